The van der Waals surface area contributed by atoms with Gasteiger partial charge in [-0.15, -0.1) is 0 Å². The summed E-state index contributed by atoms with van der Waals surface area (Å²) in [6, 6.07) is 33.2. The summed E-state index contributed by atoms with van der Waals surface area (Å²) in [6.07, 6.45) is 7.66. The first-order valence-corrected chi connectivity index (χ1v) is 17.5. The molecule has 0 bridgehead atoms. The number of ether oxygens (including phenoxy) is 1. The molecule has 0 saturated carbocycles. The molecule has 7 heteroatoms. The van der Waals surface area contributed by atoms with E-state index in [4.69, 9.17) is 16.2 Å². The molecule has 0 aliphatic carbocycles. The van der Waals surface area contributed by atoms with Gasteiger partial charge in [0.2, 0.25) is 0 Å². The van der Waals surface area contributed by atoms with Gasteiger partial charge in [-0.3, -0.25) is 0 Å². The second-order valence-electron chi connectivity index (χ2n) is 11.9. The van der Waals surface area contributed by atoms with Gasteiger partial charge in [0, 0.05) is 46.4 Å². The average molecular weight is 739 g/mol. The summed E-state index contributed by atoms with van der Waals surface area (Å²) >= 11 is 7.16. The molecule has 240 valence electrons. The van der Waals surface area contributed by atoms with Crippen LogP contribution in [0.2, 0.25) is 0 Å². The SMILES string of the molecule is Nc1cc(Br)ccc1CC(CCCCCO)(OC(CCCCCO)(Cc1ccc(Br)cc1N)c1ccccc1)c1ccccc1. The maximum atomic E-state index is 9.61. The van der Waals surface area contributed by atoms with E-state index in [0.717, 1.165) is 82.6 Å². The Kier molecular flexibility index (Phi) is 13.5. The molecule has 0 aliphatic rings. The van der Waals surface area contributed by atoms with Crippen LogP contribution in [-0.2, 0) is 28.8 Å². The van der Waals surface area contributed by atoms with Crippen LogP contribution in [0, 0.1) is 0 Å². The Morgan fingerprint density at radius 1 is 0.533 bits per heavy atom. The maximum absolute atomic E-state index is 9.61. The Labute approximate surface area is 285 Å². The summed E-state index contributed by atoms with van der Waals surface area (Å²) in [5.41, 5.74) is 17.5. The molecular formula is C38H46Br2N2O3. The highest BCUT2D eigenvalue weighted by molar-refractivity contribution is 9.10. The second kappa shape index (κ2) is 17.3. The molecule has 6 N–H and O–H groups in total. The average Bonchev–Trinajstić information content (AvgIpc) is 3.05. The van der Waals surface area contributed by atoms with Gasteiger partial charge in [-0.25, -0.2) is 0 Å². The summed E-state index contributed by atoms with van der Waals surface area (Å²) in [7, 11) is 0. The van der Waals surface area contributed by atoms with Crippen molar-refractivity contribution in [1.82, 2.24) is 0 Å². The van der Waals surface area contributed by atoms with Crippen LogP contribution >= 0.6 is 31.9 Å². The molecule has 4 aromatic carbocycles. The van der Waals surface area contributed by atoms with Gasteiger partial charge in [0.1, 0.15) is 0 Å². The Morgan fingerprint density at radius 2 is 0.933 bits per heavy atom. The van der Waals surface area contributed by atoms with E-state index in [1.165, 1.54) is 0 Å². The number of benzene rings is 4. The number of unbranched alkanes of at least 4 members (excludes halogenated alkanes) is 4. The Balaban J connectivity index is 1.94. The van der Waals surface area contributed by atoms with Crippen LogP contribution < -0.4 is 11.5 Å². The fourth-order valence-corrected chi connectivity index (χ4v) is 7.04. The van der Waals surface area contributed by atoms with Gasteiger partial charge in [-0.1, -0.05) is 130 Å². The van der Waals surface area contributed by atoms with Crippen molar-refractivity contribution in [3.63, 3.8) is 0 Å². The van der Waals surface area contributed by atoms with E-state index in [2.05, 4.69) is 92.5 Å². The van der Waals surface area contributed by atoms with Crippen LogP contribution in [0.15, 0.2) is 106 Å². The van der Waals surface area contributed by atoms with Crippen LogP contribution in [-0.4, -0.2) is 23.4 Å². The lowest BCUT2D eigenvalue weighted by molar-refractivity contribution is -0.178. The molecule has 0 heterocycles. The number of nitrogens with two attached hydrogens (primary N) is 2. The predicted molar refractivity (Wildman–Crippen MR) is 193 cm³/mol. The van der Waals surface area contributed by atoms with Crippen molar-refractivity contribution < 1.29 is 14.9 Å². The molecule has 2 atom stereocenters. The molecule has 4 aromatic rings. The Hall–Kier alpha value is -2.68. The van der Waals surface area contributed by atoms with E-state index in [9.17, 15) is 10.2 Å². The lowest BCUT2D eigenvalue weighted by atomic mass is 9.77. The zero-order chi connectivity index (χ0) is 32.1. The van der Waals surface area contributed by atoms with Crippen molar-refractivity contribution in [2.75, 3.05) is 24.7 Å². The highest BCUT2D eigenvalue weighted by Gasteiger charge is 2.44. The van der Waals surface area contributed by atoms with Gasteiger partial charge in [-0.05, 0) is 72.2 Å². The Morgan fingerprint density at radius 3 is 1.29 bits per heavy atom. The number of rotatable bonds is 18. The molecule has 4 rings (SSSR count). The molecule has 0 fully saturated rings. The third-order valence-corrected chi connectivity index (χ3v) is 9.62. The van der Waals surface area contributed by atoms with Crippen LogP contribution in [0.4, 0.5) is 11.4 Å². The van der Waals surface area contributed by atoms with E-state index in [1.54, 1.807) is 0 Å². The first-order valence-electron chi connectivity index (χ1n) is 15.9. The third kappa shape index (κ3) is 9.66. The van der Waals surface area contributed by atoms with Crippen molar-refractivity contribution in [2.24, 2.45) is 0 Å². The van der Waals surface area contributed by atoms with Crippen LogP contribution in [0.3, 0.4) is 0 Å². The Bertz CT molecular complexity index is 1360. The normalized spacial score (nSPS) is 14.1. The summed E-state index contributed by atoms with van der Waals surface area (Å²) in [5, 5.41) is 19.2. The summed E-state index contributed by atoms with van der Waals surface area (Å²) in [4.78, 5) is 0. The quantitative estimate of drug-likeness (QED) is 0.0603. The molecule has 0 aromatic heterocycles. The molecule has 0 amide bonds. The van der Waals surface area contributed by atoms with Crippen LogP contribution in [0.25, 0.3) is 0 Å². The zero-order valence-electron chi connectivity index (χ0n) is 25.9. The topological polar surface area (TPSA) is 102 Å². The second-order valence-corrected chi connectivity index (χ2v) is 13.8. The van der Waals surface area contributed by atoms with Gasteiger partial charge in [0.25, 0.3) is 0 Å². The molecule has 0 spiro atoms. The number of nitrogen functional groups attached to an aromatic ring is 2. The summed E-state index contributed by atoms with van der Waals surface area (Å²) in [6.45, 7) is 0.334. The van der Waals surface area contributed by atoms with E-state index < -0.39 is 11.2 Å². The number of halogens is 2. The smallest absolute Gasteiger partial charge is 0.0984 e. The van der Waals surface area contributed by atoms with E-state index in [-0.39, 0.29) is 13.2 Å². The number of anilines is 2. The van der Waals surface area contributed by atoms with E-state index >= 15 is 0 Å². The van der Waals surface area contributed by atoms with Gasteiger partial charge in [0.15, 0.2) is 0 Å². The molecular weight excluding hydrogens is 692 g/mol. The van der Waals surface area contributed by atoms with E-state index in [1.807, 2.05) is 36.4 Å². The van der Waals surface area contributed by atoms with Crippen molar-refractivity contribution in [3.05, 3.63) is 128 Å². The number of aliphatic hydroxyl groups is 2. The lowest BCUT2D eigenvalue weighted by Gasteiger charge is -2.46. The largest absolute Gasteiger partial charge is 0.398 e. The number of hydrogen-bond donors (Lipinski definition) is 4. The van der Waals surface area contributed by atoms with Crippen molar-refractivity contribution in [1.29, 1.82) is 0 Å². The summed E-state index contributed by atoms with van der Waals surface area (Å²) < 4.78 is 9.75. The molecule has 0 aliphatic heterocycles. The molecule has 45 heavy (non-hydrogen) atoms. The highest BCUT2D eigenvalue weighted by Crippen LogP contribution is 2.47. The molecule has 2 unspecified atom stereocenters. The van der Waals surface area contributed by atoms with Gasteiger partial charge >= 0.3 is 0 Å². The molecule has 5 nitrogen and oxygen atoms in total. The minimum Gasteiger partial charge on any atom is -0.398 e. The zero-order valence-corrected chi connectivity index (χ0v) is 29.1. The number of aliphatic hydroxyl groups excluding tert-OH is 2. The first kappa shape index (κ1) is 35.2. The van der Waals surface area contributed by atoms with Crippen molar-refractivity contribution in [3.8, 4) is 0 Å². The monoisotopic (exact) mass is 736 g/mol. The maximum Gasteiger partial charge on any atom is 0.0984 e. The fourth-order valence-electron chi connectivity index (χ4n) is 6.29. The molecule has 0 radical (unpaired) electrons. The van der Waals surface area contributed by atoms with Crippen molar-refractivity contribution >= 4 is 43.2 Å². The van der Waals surface area contributed by atoms with Crippen LogP contribution in [0.1, 0.15) is 73.6 Å². The summed E-state index contributed by atoms with van der Waals surface area (Å²) in [5.74, 6) is 0. The third-order valence-electron chi connectivity index (χ3n) is 8.64. The highest BCUT2D eigenvalue weighted by atomic mass is 79.9. The minimum absolute atomic E-state index is 0.167. The minimum atomic E-state index is -0.740. The predicted octanol–water partition coefficient (Wildman–Crippen LogP) is 9.07. The standard InChI is InChI=1S/C38H46Br2N2O3/c39-33-19-17-29(35(41)25-33)27-37(21-9-3-11-23-43,31-13-5-1-6-14-31)45-38(22-10-4-12-24-44,32-15-7-2-8-16-32)28-30-18-20-34(40)26-36(30)42/h1-2,5-8,13-20,25-26,43-44H,3-4,9-12,21-24,27-28,41-42H2. The fraction of sp³-hybridized carbons (Fsp3) is 0.368. The molecule has 0 saturated heterocycles. The van der Waals surface area contributed by atoms with Crippen molar-refractivity contribution in [2.45, 2.75) is 75.4 Å². The lowest BCUT2D eigenvalue weighted by Crippen LogP contribution is -2.44. The van der Waals surface area contributed by atoms with Gasteiger partial charge in [0.05, 0.1) is 11.2 Å². The number of hydrogen-bond acceptors (Lipinski definition) is 5. The first-order chi connectivity index (χ1) is 21.8. The van der Waals surface area contributed by atoms with Gasteiger partial charge in [-0.2, -0.15) is 0 Å². The van der Waals surface area contributed by atoms with Crippen LogP contribution in [0.5, 0.6) is 0 Å². The van der Waals surface area contributed by atoms with E-state index in [0.29, 0.717) is 24.2 Å². The van der Waals surface area contributed by atoms with Gasteiger partial charge < -0.3 is 26.4 Å².